The van der Waals surface area contributed by atoms with Crippen molar-refractivity contribution >= 4 is 5.97 Å². The van der Waals surface area contributed by atoms with Gasteiger partial charge in [0.15, 0.2) is 0 Å². The Morgan fingerprint density at radius 3 is 2.50 bits per heavy atom. The molecule has 0 amide bonds. The standard InChI is InChI=1S/C9H13NO2/c10-7-3-6-9(8(11)12)4-1-2-5-9/h1-6H2,(H,11,12). The maximum Gasteiger partial charge on any atom is 0.309 e. The lowest BCUT2D eigenvalue weighted by atomic mass is 9.82. The highest BCUT2D eigenvalue weighted by Crippen LogP contribution is 2.41. The number of carboxylic acid groups (broad SMARTS) is 1. The summed E-state index contributed by atoms with van der Waals surface area (Å²) in [6.07, 6.45) is 4.40. The molecule has 0 aromatic heterocycles. The van der Waals surface area contributed by atoms with Crippen molar-refractivity contribution in [2.75, 3.05) is 0 Å². The fourth-order valence-electron chi connectivity index (χ4n) is 1.92. The molecule has 0 aromatic rings. The Kier molecular flexibility index (Phi) is 2.69. The van der Waals surface area contributed by atoms with Crippen molar-refractivity contribution in [2.45, 2.75) is 38.5 Å². The SMILES string of the molecule is N#CCCC1(C(=O)O)CCCC1. The average molecular weight is 167 g/mol. The Labute approximate surface area is 72.0 Å². The van der Waals surface area contributed by atoms with E-state index in [2.05, 4.69) is 0 Å². The zero-order chi connectivity index (χ0) is 9.03. The normalized spacial score (nSPS) is 20.2. The molecule has 1 aliphatic rings. The third kappa shape index (κ3) is 1.58. The van der Waals surface area contributed by atoms with E-state index in [1.165, 1.54) is 0 Å². The molecule has 1 fully saturated rings. The molecule has 0 aliphatic heterocycles. The lowest BCUT2D eigenvalue weighted by Gasteiger charge is -2.21. The van der Waals surface area contributed by atoms with E-state index < -0.39 is 11.4 Å². The quantitative estimate of drug-likeness (QED) is 0.698. The maximum absolute atomic E-state index is 10.9. The molecule has 0 aromatic carbocycles. The van der Waals surface area contributed by atoms with E-state index in [4.69, 9.17) is 10.4 Å². The van der Waals surface area contributed by atoms with Gasteiger partial charge >= 0.3 is 5.97 Å². The van der Waals surface area contributed by atoms with Gasteiger partial charge in [0, 0.05) is 6.42 Å². The summed E-state index contributed by atoms with van der Waals surface area (Å²) in [6, 6.07) is 2.01. The van der Waals surface area contributed by atoms with E-state index in [0.717, 1.165) is 25.7 Å². The first kappa shape index (κ1) is 9.05. The van der Waals surface area contributed by atoms with Gasteiger partial charge in [-0.15, -0.1) is 0 Å². The van der Waals surface area contributed by atoms with E-state index in [1.807, 2.05) is 6.07 Å². The van der Waals surface area contributed by atoms with Crippen LogP contribution in [0.1, 0.15) is 38.5 Å². The minimum absolute atomic E-state index is 0.367. The first-order chi connectivity index (χ1) is 5.71. The summed E-state index contributed by atoms with van der Waals surface area (Å²) in [5.41, 5.74) is -0.560. The molecule has 0 bridgehead atoms. The Morgan fingerprint density at radius 2 is 2.08 bits per heavy atom. The van der Waals surface area contributed by atoms with E-state index in [1.54, 1.807) is 0 Å². The van der Waals surface area contributed by atoms with Gasteiger partial charge < -0.3 is 5.11 Å². The van der Waals surface area contributed by atoms with Crippen molar-refractivity contribution in [3.63, 3.8) is 0 Å². The van der Waals surface area contributed by atoms with Gasteiger partial charge in [-0.2, -0.15) is 5.26 Å². The third-order valence-corrected chi connectivity index (χ3v) is 2.73. The Hall–Kier alpha value is -1.04. The van der Waals surface area contributed by atoms with Crippen LogP contribution in [0.2, 0.25) is 0 Å². The summed E-state index contributed by atoms with van der Waals surface area (Å²) < 4.78 is 0. The molecule has 1 aliphatic carbocycles. The second-order valence-corrected chi connectivity index (χ2v) is 3.45. The van der Waals surface area contributed by atoms with Gasteiger partial charge in [0.05, 0.1) is 11.5 Å². The second-order valence-electron chi connectivity index (χ2n) is 3.45. The highest BCUT2D eigenvalue weighted by Gasteiger charge is 2.40. The molecule has 0 atom stereocenters. The zero-order valence-corrected chi connectivity index (χ0v) is 7.05. The van der Waals surface area contributed by atoms with Crippen LogP contribution in [-0.4, -0.2) is 11.1 Å². The van der Waals surface area contributed by atoms with Crippen molar-refractivity contribution in [2.24, 2.45) is 5.41 Å². The van der Waals surface area contributed by atoms with Gasteiger partial charge in [-0.25, -0.2) is 0 Å². The molecular weight excluding hydrogens is 154 g/mol. The molecule has 66 valence electrons. The summed E-state index contributed by atoms with van der Waals surface area (Å²) in [5, 5.41) is 17.4. The van der Waals surface area contributed by atoms with Gasteiger partial charge in [-0.3, -0.25) is 4.79 Å². The van der Waals surface area contributed by atoms with Crippen LogP contribution >= 0.6 is 0 Å². The van der Waals surface area contributed by atoms with Crippen molar-refractivity contribution in [3.8, 4) is 6.07 Å². The van der Waals surface area contributed by atoms with E-state index in [-0.39, 0.29) is 0 Å². The lowest BCUT2D eigenvalue weighted by Crippen LogP contribution is -2.27. The number of nitriles is 1. The number of hydrogen-bond donors (Lipinski definition) is 1. The van der Waals surface area contributed by atoms with Crippen LogP contribution in [-0.2, 0) is 4.79 Å². The molecule has 3 heteroatoms. The number of carboxylic acids is 1. The van der Waals surface area contributed by atoms with Crippen molar-refractivity contribution in [1.29, 1.82) is 5.26 Å². The molecule has 12 heavy (non-hydrogen) atoms. The fraction of sp³-hybridized carbons (Fsp3) is 0.778. The Balaban J connectivity index is 2.60. The molecule has 0 heterocycles. The predicted octanol–water partition coefficient (Wildman–Crippen LogP) is 1.94. The maximum atomic E-state index is 10.9. The second kappa shape index (κ2) is 3.57. The smallest absolute Gasteiger partial charge is 0.309 e. The number of aliphatic carboxylic acids is 1. The largest absolute Gasteiger partial charge is 0.481 e. The average Bonchev–Trinajstić information content (AvgIpc) is 2.50. The van der Waals surface area contributed by atoms with Crippen LogP contribution in [0.25, 0.3) is 0 Å². The van der Waals surface area contributed by atoms with Crippen LogP contribution in [0.5, 0.6) is 0 Å². The molecule has 1 rings (SSSR count). The first-order valence-corrected chi connectivity index (χ1v) is 4.32. The van der Waals surface area contributed by atoms with E-state index >= 15 is 0 Å². The van der Waals surface area contributed by atoms with E-state index in [9.17, 15) is 4.79 Å². The molecule has 3 nitrogen and oxygen atoms in total. The predicted molar refractivity (Wildman–Crippen MR) is 43.4 cm³/mol. The fourth-order valence-corrected chi connectivity index (χ4v) is 1.92. The highest BCUT2D eigenvalue weighted by molar-refractivity contribution is 5.74. The highest BCUT2D eigenvalue weighted by atomic mass is 16.4. The van der Waals surface area contributed by atoms with Crippen LogP contribution in [0, 0.1) is 16.7 Å². The molecule has 0 saturated heterocycles. The summed E-state index contributed by atoms with van der Waals surface area (Å²) >= 11 is 0. The number of carbonyl (C=O) groups is 1. The molecule has 1 N–H and O–H groups in total. The van der Waals surface area contributed by atoms with Crippen LogP contribution in [0.4, 0.5) is 0 Å². The summed E-state index contributed by atoms with van der Waals surface area (Å²) in [5.74, 6) is -0.713. The van der Waals surface area contributed by atoms with Gasteiger partial charge in [0.25, 0.3) is 0 Å². The van der Waals surface area contributed by atoms with E-state index in [0.29, 0.717) is 12.8 Å². The Morgan fingerprint density at radius 1 is 1.50 bits per heavy atom. The van der Waals surface area contributed by atoms with Gasteiger partial charge in [-0.1, -0.05) is 12.8 Å². The Bertz CT molecular complexity index is 211. The van der Waals surface area contributed by atoms with Crippen molar-refractivity contribution in [1.82, 2.24) is 0 Å². The number of hydrogen-bond acceptors (Lipinski definition) is 2. The number of nitrogens with zero attached hydrogens (tertiary/aromatic N) is 1. The van der Waals surface area contributed by atoms with Crippen molar-refractivity contribution < 1.29 is 9.90 Å². The molecule has 0 unspecified atom stereocenters. The van der Waals surface area contributed by atoms with Crippen molar-refractivity contribution in [3.05, 3.63) is 0 Å². The zero-order valence-electron chi connectivity index (χ0n) is 7.05. The van der Waals surface area contributed by atoms with Crippen LogP contribution in [0.3, 0.4) is 0 Å². The summed E-state index contributed by atoms with van der Waals surface area (Å²) in [4.78, 5) is 10.9. The lowest BCUT2D eigenvalue weighted by molar-refractivity contribution is -0.149. The first-order valence-electron chi connectivity index (χ1n) is 4.32. The molecule has 1 saturated carbocycles. The van der Waals surface area contributed by atoms with Gasteiger partial charge in [0.2, 0.25) is 0 Å². The monoisotopic (exact) mass is 167 g/mol. The summed E-state index contributed by atoms with van der Waals surface area (Å²) in [7, 11) is 0. The van der Waals surface area contributed by atoms with Crippen LogP contribution < -0.4 is 0 Å². The molecule has 0 spiro atoms. The summed E-state index contributed by atoms with van der Waals surface area (Å²) in [6.45, 7) is 0. The van der Waals surface area contributed by atoms with Crippen LogP contribution in [0.15, 0.2) is 0 Å². The number of rotatable bonds is 3. The minimum Gasteiger partial charge on any atom is -0.481 e. The third-order valence-electron chi connectivity index (χ3n) is 2.73. The van der Waals surface area contributed by atoms with Gasteiger partial charge in [-0.05, 0) is 19.3 Å². The molecular formula is C9H13NO2. The van der Waals surface area contributed by atoms with Gasteiger partial charge in [0.1, 0.15) is 0 Å². The minimum atomic E-state index is -0.713. The topological polar surface area (TPSA) is 61.1 Å². The molecule has 0 radical (unpaired) electrons.